The standard InChI is InChI=1S/C9H12N2.Yb/c10-8-11-7-6-9-4-2-1-3-5-9;/h1-5,10H,6-8H2;/q-2;+2. The van der Waals surface area contributed by atoms with Crippen LogP contribution in [0.1, 0.15) is 5.56 Å². The molecule has 0 aliphatic rings. The molecule has 2 nitrogen and oxygen atoms in total. The van der Waals surface area contributed by atoms with Crippen molar-refractivity contribution in [2.75, 3.05) is 13.2 Å². The molecule has 0 saturated heterocycles. The van der Waals surface area contributed by atoms with Gasteiger partial charge in [-0.15, -0.1) is 6.54 Å². The van der Waals surface area contributed by atoms with E-state index in [1.807, 2.05) is 18.2 Å². The van der Waals surface area contributed by atoms with Crippen molar-refractivity contribution in [2.45, 2.75) is 6.42 Å². The van der Waals surface area contributed by atoms with Gasteiger partial charge in [0, 0.05) is 0 Å². The Morgan fingerprint density at radius 2 is 1.83 bits per heavy atom. The van der Waals surface area contributed by atoms with E-state index in [0.29, 0.717) is 0 Å². The summed E-state index contributed by atoms with van der Waals surface area (Å²) in [5, 5.41) is 3.93. The Morgan fingerprint density at radius 1 is 1.17 bits per heavy atom. The van der Waals surface area contributed by atoms with Crippen molar-refractivity contribution in [3.8, 4) is 0 Å². The van der Waals surface area contributed by atoms with E-state index < -0.39 is 0 Å². The van der Waals surface area contributed by atoms with E-state index in [9.17, 15) is 0 Å². The molecule has 0 saturated carbocycles. The minimum atomic E-state index is 0. The maximum Gasteiger partial charge on any atom is 2.00 e. The normalized spacial score (nSPS) is 9.08. The second-order valence-electron chi connectivity index (χ2n) is 2.34. The molecule has 0 aliphatic carbocycles. The molecular formula is C9H12N2Yb. The van der Waals surface area contributed by atoms with Crippen LogP contribution in [0.25, 0.3) is 11.1 Å². The Morgan fingerprint density at radius 3 is 2.42 bits per heavy atom. The molecule has 0 unspecified atom stereocenters. The van der Waals surface area contributed by atoms with Crippen molar-refractivity contribution in [3.05, 3.63) is 46.9 Å². The van der Waals surface area contributed by atoms with Crippen LogP contribution in [-0.2, 0) is 6.42 Å². The van der Waals surface area contributed by atoms with Gasteiger partial charge in [0.1, 0.15) is 0 Å². The van der Waals surface area contributed by atoms with Crippen LogP contribution in [0.4, 0.5) is 0 Å². The number of rotatable bonds is 4. The number of hydrogen-bond acceptors (Lipinski definition) is 0. The Bertz CT molecular complexity index is 189. The van der Waals surface area contributed by atoms with Crippen molar-refractivity contribution < 1.29 is 46.9 Å². The first kappa shape index (κ1) is 12.7. The zero-order chi connectivity index (χ0) is 7.94. The van der Waals surface area contributed by atoms with Gasteiger partial charge in [-0.05, 0) is 12.0 Å². The molecule has 0 heterocycles. The van der Waals surface area contributed by atoms with E-state index in [2.05, 4.69) is 17.4 Å². The van der Waals surface area contributed by atoms with Crippen LogP contribution >= 0.6 is 0 Å². The Balaban J connectivity index is 0.00000121. The predicted octanol–water partition coefficient (Wildman–Crippen LogP) is 2.61. The summed E-state index contributed by atoms with van der Waals surface area (Å²) in [5.41, 5.74) is 8.10. The zero-order valence-electron chi connectivity index (χ0n) is 6.72. The maximum atomic E-state index is 6.80. The third-order valence-corrected chi connectivity index (χ3v) is 1.51. The van der Waals surface area contributed by atoms with E-state index in [1.54, 1.807) is 0 Å². The Kier molecular flexibility index (Phi) is 8.72. The smallest absolute Gasteiger partial charge is 0.696 e. The van der Waals surface area contributed by atoms with Crippen molar-refractivity contribution in [1.29, 1.82) is 0 Å². The molecule has 1 rings (SSSR count). The van der Waals surface area contributed by atoms with Crippen LogP contribution < -0.4 is 0 Å². The van der Waals surface area contributed by atoms with Gasteiger partial charge in [-0.2, -0.15) is 0 Å². The fourth-order valence-electron chi connectivity index (χ4n) is 0.932. The topological polar surface area (TPSA) is 37.9 Å². The molecule has 0 radical (unpaired) electrons. The molecule has 72 valence electrons. The summed E-state index contributed by atoms with van der Waals surface area (Å²) in [6, 6.07) is 10.2. The molecule has 0 atom stereocenters. The summed E-state index contributed by atoms with van der Waals surface area (Å²) in [6.45, 7) is 0.959. The van der Waals surface area contributed by atoms with Gasteiger partial charge >= 0.3 is 46.9 Å². The second-order valence-corrected chi connectivity index (χ2v) is 2.34. The van der Waals surface area contributed by atoms with Crippen LogP contribution in [0.2, 0.25) is 0 Å². The molecule has 3 heteroatoms. The van der Waals surface area contributed by atoms with Gasteiger partial charge in [-0.3, -0.25) is 6.67 Å². The first-order valence-corrected chi connectivity index (χ1v) is 3.75. The molecule has 0 aromatic heterocycles. The average Bonchev–Trinajstić information content (AvgIpc) is 2.07. The van der Waals surface area contributed by atoms with Gasteiger partial charge in [0.25, 0.3) is 0 Å². The number of hydrogen-bond donors (Lipinski definition) is 0. The van der Waals surface area contributed by atoms with Crippen LogP contribution in [-0.4, -0.2) is 13.2 Å². The van der Waals surface area contributed by atoms with Gasteiger partial charge in [-0.25, -0.2) is 0 Å². The minimum Gasteiger partial charge on any atom is -0.696 e. The number of nitrogens with zero attached hydrogens (tertiary/aromatic N) is 1. The molecular weight excluding hydrogens is 309 g/mol. The summed E-state index contributed by atoms with van der Waals surface area (Å²) in [5.74, 6) is 0. The molecule has 1 aromatic rings. The van der Waals surface area contributed by atoms with Crippen LogP contribution in [0.5, 0.6) is 0 Å². The van der Waals surface area contributed by atoms with Crippen molar-refractivity contribution in [3.63, 3.8) is 0 Å². The monoisotopic (exact) mass is 322 g/mol. The molecule has 0 spiro atoms. The summed E-state index contributed by atoms with van der Waals surface area (Å²) in [6.07, 6.45) is 0.958. The first-order chi connectivity index (χ1) is 5.43. The SMILES string of the molecule is [NH-]C[N-]CCc1ccccc1.[Yb+2]. The zero-order valence-corrected chi connectivity index (χ0v) is 8.44. The molecule has 1 N–H and O–H groups in total. The van der Waals surface area contributed by atoms with Gasteiger partial charge in [0.2, 0.25) is 0 Å². The van der Waals surface area contributed by atoms with Crippen LogP contribution in [0, 0.1) is 46.9 Å². The third-order valence-electron chi connectivity index (χ3n) is 1.51. The summed E-state index contributed by atoms with van der Waals surface area (Å²) in [4.78, 5) is 0. The quantitative estimate of drug-likeness (QED) is 0.765. The summed E-state index contributed by atoms with van der Waals surface area (Å²) < 4.78 is 0. The number of benzene rings is 1. The largest absolute Gasteiger partial charge is 2.00 e. The molecule has 12 heavy (non-hydrogen) atoms. The average molecular weight is 321 g/mol. The van der Waals surface area contributed by atoms with Crippen molar-refractivity contribution in [1.82, 2.24) is 0 Å². The molecule has 0 bridgehead atoms. The van der Waals surface area contributed by atoms with Gasteiger partial charge in [0.15, 0.2) is 0 Å². The fourth-order valence-corrected chi connectivity index (χ4v) is 0.932. The third kappa shape index (κ3) is 5.33. The Labute approximate surface area is 112 Å². The maximum absolute atomic E-state index is 6.80. The second kappa shape index (κ2) is 8.27. The predicted molar refractivity (Wildman–Crippen MR) is 47.6 cm³/mol. The van der Waals surface area contributed by atoms with Crippen molar-refractivity contribution >= 4 is 0 Å². The minimum absolute atomic E-state index is 0. The van der Waals surface area contributed by atoms with E-state index in [4.69, 9.17) is 5.73 Å². The van der Waals surface area contributed by atoms with Gasteiger partial charge in [-0.1, -0.05) is 30.3 Å². The molecule has 0 aliphatic heterocycles. The van der Waals surface area contributed by atoms with E-state index in [-0.39, 0.29) is 53.6 Å². The summed E-state index contributed by atoms with van der Waals surface area (Å²) >= 11 is 0. The van der Waals surface area contributed by atoms with E-state index in [0.717, 1.165) is 13.0 Å². The Hall–Kier alpha value is 0.659. The first-order valence-electron chi connectivity index (χ1n) is 3.75. The van der Waals surface area contributed by atoms with Gasteiger partial charge in [0.05, 0.1) is 0 Å². The van der Waals surface area contributed by atoms with Crippen LogP contribution in [0.15, 0.2) is 30.3 Å². The molecule has 0 fully saturated rings. The van der Waals surface area contributed by atoms with Crippen LogP contribution in [0.3, 0.4) is 0 Å². The van der Waals surface area contributed by atoms with Crippen molar-refractivity contribution in [2.24, 2.45) is 0 Å². The fraction of sp³-hybridized carbons (Fsp3) is 0.333. The number of nitrogens with one attached hydrogen (secondary N) is 1. The molecule has 0 amide bonds. The van der Waals surface area contributed by atoms with Gasteiger partial charge < -0.3 is 11.1 Å². The molecule has 1 aromatic carbocycles. The summed E-state index contributed by atoms with van der Waals surface area (Å²) in [7, 11) is 0. The van der Waals surface area contributed by atoms with E-state index in [1.165, 1.54) is 5.56 Å². The van der Waals surface area contributed by atoms with E-state index >= 15 is 0 Å².